The molecule has 0 spiro atoms. The molecule has 28 heavy (non-hydrogen) atoms. The Morgan fingerprint density at radius 2 is 1.71 bits per heavy atom. The van der Waals surface area contributed by atoms with Gasteiger partial charge in [0.15, 0.2) is 0 Å². The van der Waals surface area contributed by atoms with E-state index in [1.54, 1.807) is 0 Å². The molecule has 4 nitrogen and oxygen atoms in total. The lowest BCUT2D eigenvalue weighted by atomic mass is 10.0. The molecule has 0 atom stereocenters. The molecule has 0 radical (unpaired) electrons. The number of rotatable bonds is 3. The number of hydrogen-bond acceptors (Lipinski definition) is 2. The first-order chi connectivity index (χ1) is 13.4. The van der Waals surface area contributed by atoms with E-state index < -0.39 is 0 Å². The molecule has 0 bridgehead atoms. The van der Waals surface area contributed by atoms with Gasteiger partial charge in [-0.3, -0.25) is 4.79 Å². The van der Waals surface area contributed by atoms with Gasteiger partial charge in [0.25, 0.3) is 5.91 Å². The molecule has 2 aromatic heterocycles. The van der Waals surface area contributed by atoms with Crippen molar-refractivity contribution in [2.24, 2.45) is 0 Å². The minimum absolute atomic E-state index is 0.0905. The first-order valence-electron chi connectivity index (χ1n) is 9.36. The van der Waals surface area contributed by atoms with E-state index in [9.17, 15) is 4.79 Å². The van der Waals surface area contributed by atoms with Crippen molar-refractivity contribution in [3.63, 3.8) is 0 Å². The van der Waals surface area contributed by atoms with E-state index in [0.29, 0.717) is 5.56 Å². The average molecular weight is 369 g/mol. The second-order valence-corrected chi connectivity index (χ2v) is 7.35. The van der Waals surface area contributed by atoms with Crippen LogP contribution >= 0.6 is 0 Å². The topological polar surface area (TPSA) is 46.4 Å². The van der Waals surface area contributed by atoms with E-state index in [1.165, 1.54) is 0 Å². The summed E-state index contributed by atoms with van der Waals surface area (Å²) in [5, 5.41) is 3.08. The molecule has 4 heteroatoms. The normalized spacial score (nSPS) is 11.0. The number of hydrogen-bond donors (Lipinski definition) is 1. The van der Waals surface area contributed by atoms with Crippen LogP contribution in [-0.2, 0) is 0 Å². The van der Waals surface area contributed by atoms with Crippen molar-refractivity contribution in [2.45, 2.75) is 27.7 Å². The molecule has 0 saturated heterocycles. The van der Waals surface area contributed by atoms with Crippen LogP contribution in [0.25, 0.3) is 16.9 Å². The molecule has 4 rings (SSSR count). The van der Waals surface area contributed by atoms with Crippen molar-refractivity contribution in [3.8, 4) is 11.3 Å². The van der Waals surface area contributed by atoms with Gasteiger partial charge in [0.1, 0.15) is 5.65 Å². The monoisotopic (exact) mass is 369 g/mol. The fraction of sp³-hybridized carbons (Fsp3) is 0.167. The van der Waals surface area contributed by atoms with Crippen LogP contribution < -0.4 is 5.32 Å². The number of nitrogens with zero attached hydrogens (tertiary/aromatic N) is 2. The number of aromatic nitrogens is 2. The number of nitrogens with one attached hydrogen (secondary N) is 1. The first kappa shape index (κ1) is 18.0. The molecule has 140 valence electrons. The number of pyridine rings is 1. The Hall–Kier alpha value is -3.40. The Morgan fingerprint density at radius 1 is 0.929 bits per heavy atom. The number of aryl methyl sites for hydroxylation is 4. The summed E-state index contributed by atoms with van der Waals surface area (Å²) in [5.74, 6) is -0.0905. The molecule has 0 unspecified atom stereocenters. The van der Waals surface area contributed by atoms with Crippen molar-refractivity contribution in [1.82, 2.24) is 9.38 Å². The van der Waals surface area contributed by atoms with Gasteiger partial charge in [-0.15, -0.1) is 0 Å². The molecule has 2 aromatic carbocycles. The van der Waals surface area contributed by atoms with Gasteiger partial charge in [0, 0.05) is 29.2 Å². The van der Waals surface area contributed by atoms with Gasteiger partial charge in [-0.2, -0.15) is 0 Å². The van der Waals surface area contributed by atoms with Gasteiger partial charge in [-0.1, -0.05) is 35.9 Å². The fourth-order valence-corrected chi connectivity index (χ4v) is 3.38. The molecule has 4 aromatic rings. The third-order valence-electron chi connectivity index (χ3n) is 5.10. The molecule has 2 heterocycles. The SMILES string of the molecule is Cc1ccc(C)c(C(=O)Nc2cc(-c3cn4cccc(C)c4n3)ccc2C)c1. The number of amides is 1. The van der Waals surface area contributed by atoms with Crippen LogP contribution in [0.5, 0.6) is 0 Å². The van der Waals surface area contributed by atoms with Crippen molar-refractivity contribution in [2.75, 3.05) is 5.32 Å². The van der Waals surface area contributed by atoms with Crippen LogP contribution in [0.15, 0.2) is 60.9 Å². The molecule has 1 amide bonds. The Kier molecular flexibility index (Phi) is 4.47. The number of carbonyl (C=O) groups excluding carboxylic acids is 1. The lowest BCUT2D eigenvalue weighted by Gasteiger charge is -2.12. The summed E-state index contributed by atoms with van der Waals surface area (Å²) in [4.78, 5) is 17.6. The third-order valence-corrected chi connectivity index (χ3v) is 5.10. The van der Waals surface area contributed by atoms with Crippen molar-refractivity contribution in [1.29, 1.82) is 0 Å². The Balaban J connectivity index is 1.69. The van der Waals surface area contributed by atoms with E-state index in [2.05, 4.69) is 18.3 Å². The van der Waals surface area contributed by atoms with E-state index in [0.717, 1.165) is 44.8 Å². The number of imidazole rings is 1. The molecular weight excluding hydrogens is 346 g/mol. The van der Waals surface area contributed by atoms with Gasteiger partial charge in [0.2, 0.25) is 0 Å². The molecule has 0 fully saturated rings. The van der Waals surface area contributed by atoms with Crippen LogP contribution in [0, 0.1) is 27.7 Å². The van der Waals surface area contributed by atoms with Gasteiger partial charge >= 0.3 is 0 Å². The summed E-state index contributed by atoms with van der Waals surface area (Å²) in [6.07, 6.45) is 4.01. The predicted molar refractivity (Wildman–Crippen MR) is 114 cm³/mol. The number of benzene rings is 2. The maximum absolute atomic E-state index is 12.8. The highest BCUT2D eigenvalue weighted by Crippen LogP contribution is 2.26. The van der Waals surface area contributed by atoms with E-state index in [-0.39, 0.29) is 5.91 Å². The highest BCUT2D eigenvalue weighted by atomic mass is 16.1. The van der Waals surface area contributed by atoms with Crippen molar-refractivity contribution in [3.05, 3.63) is 88.7 Å². The Bertz CT molecular complexity index is 1200. The van der Waals surface area contributed by atoms with Gasteiger partial charge in [-0.05, 0) is 62.6 Å². The zero-order chi connectivity index (χ0) is 19.8. The van der Waals surface area contributed by atoms with Gasteiger partial charge in [0.05, 0.1) is 5.69 Å². The van der Waals surface area contributed by atoms with Crippen molar-refractivity contribution < 1.29 is 4.79 Å². The number of anilines is 1. The summed E-state index contributed by atoms with van der Waals surface area (Å²) in [5.41, 5.74) is 8.49. The minimum atomic E-state index is -0.0905. The van der Waals surface area contributed by atoms with Crippen molar-refractivity contribution >= 4 is 17.2 Å². The quantitative estimate of drug-likeness (QED) is 0.519. The van der Waals surface area contributed by atoms with E-state index in [1.807, 2.05) is 80.0 Å². The zero-order valence-corrected chi connectivity index (χ0v) is 16.6. The van der Waals surface area contributed by atoms with E-state index in [4.69, 9.17) is 4.98 Å². The predicted octanol–water partition coefficient (Wildman–Crippen LogP) is 5.49. The number of fused-ring (bicyclic) bond motifs is 1. The van der Waals surface area contributed by atoms with Gasteiger partial charge in [-0.25, -0.2) is 4.98 Å². The average Bonchev–Trinajstić information content (AvgIpc) is 3.11. The lowest BCUT2D eigenvalue weighted by molar-refractivity contribution is 0.102. The highest BCUT2D eigenvalue weighted by molar-refractivity contribution is 6.06. The molecule has 0 aliphatic rings. The fourth-order valence-electron chi connectivity index (χ4n) is 3.38. The van der Waals surface area contributed by atoms with Crippen LogP contribution in [0.3, 0.4) is 0 Å². The second kappa shape index (κ2) is 6.97. The molecular formula is C24H23N3O. The van der Waals surface area contributed by atoms with E-state index >= 15 is 0 Å². The number of carbonyl (C=O) groups is 1. The second-order valence-electron chi connectivity index (χ2n) is 7.35. The van der Waals surface area contributed by atoms with Crippen LogP contribution in [-0.4, -0.2) is 15.3 Å². The maximum atomic E-state index is 12.8. The van der Waals surface area contributed by atoms with Gasteiger partial charge < -0.3 is 9.72 Å². The molecule has 0 aliphatic heterocycles. The first-order valence-corrected chi connectivity index (χ1v) is 9.36. The summed E-state index contributed by atoms with van der Waals surface area (Å²) in [6, 6.07) is 16.0. The summed E-state index contributed by atoms with van der Waals surface area (Å²) >= 11 is 0. The Morgan fingerprint density at radius 3 is 2.50 bits per heavy atom. The smallest absolute Gasteiger partial charge is 0.255 e. The van der Waals surface area contributed by atoms with Crippen LogP contribution in [0.4, 0.5) is 5.69 Å². The summed E-state index contributed by atoms with van der Waals surface area (Å²) in [7, 11) is 0. The summed E-state index contributed by atoms with van der Waals surface area (Å²) in [6.45, 7) is 8.00. The molecule has 1 N–H and O–H groups in total. The Labute approximate surface area is 164 Å². The molecule has 0 aliphatic carbocycles. The summed E-state index contributed by atoms with van der Waals surface area (Å²) < 4.78 is 2.03. The van der Waals surface area contributed by atoms with Crippen LogP contribution in [0.2, 0.25) is 0 Å². The van der Waals surface area contributed by atoms with Crippen LogP contribution in [0.1, 0.15) is 32.6 Å². The minimum Gasteiger partial charge on any atom is -0.322 e. The highest BCUT2D eigenvalue weighted by Gasteiger charge is 2.13. The standard InChI is InChI=1S/C24H23N3O/c1-15-7-8-16(2)20(12-15)24(28)26-21-13-19(10-9-17(21)3)22-14-27-11-5-6-18(4)23(27)25-22/h5-14H,1-4H3,(H,26,28). The molecule has 0 saturated carbocycles. The third kappa shape index (κ3) is 3.29. The maximum Gasteiger partial charge on any atom is 0.255 e. The largest absolute Gasteiger partial charge is 0.322 e. The lowest BCUT2D eigenvalue weighted by Crippen LogP contribution is -2.14. The zero-order valence-electron chi connectivity index (χ0n) is 16.6.